The maximum atomic E-state index is 9.65. The first kappa shape index (κ1) is 12.5. The molecule has 17 heavy (non-hydrogen) atoms. The third-order valence-corrected chi connectivity index (χ3v) is 4.02. The molecule has 0 aliphatic carbocycles. The average Bonchev–Trinajstić information content (AvgIpc) is 2.77. The van der Waals surface area contributed by atoms with Gasteiger partial charge in [0.25, 0.3) is 0 Å². The second-order valence-electron chi connectivity index (χ2n) is 3.51. The molecule has 1 atom stereocenters. The average molecular weight is 267 g/mol. The molecule has 0 amide bonds. The summed E-state index contributed by atoms with van der Waals surface area (Å²) < 4.78 is 5.09. The molecule has 90 valence electrons. The predicted molar refractivity (Wildman–Crippen MR) is 68.3 cm³/mol. The lowest BCUT2D eigenvalue weighted by atomic mass is 10.2. The number of nitrogens with zero attached hydrogens (tertiary/aromatic N) is 3. The van der Waals surface area contributed by atoms with E-state index in [4.69, 9.17) is 0 Å². The van der Waals surface area contributed by atoms with E-state index < -0.39 is 6.10 Å². The Balaban J connectivity index is 2.23. The monoisotopic (exact) mass is 267 g/mol. The van der Waals surface area contributed by atoms with Crippen molar-refractivity contribution in [3.05, 3.63) is 29.7 Å². The Kier molecular flexibility index (Phi) is 4.09. The highest BCUT2D eigenvalue weighted by atomic mass is 32.2. The highest BCUT2D eigenvalue weighted by Gasteiger charge is 2.12. The zero-order valence-electron chi connectivity index (χ0n) is 9.62. The first-order valence-corrected chi connectivity index (χ1v) is 6.93. The largest absolute Gasteiger partial charge is 0.389 e. The Morgan fingerprint density at radius 1 is 1.53 bits per heavy atom. The number of hydrogen-bond acceptors (Lipinski definition) is 6. The van der Waals surface area contributed by atoms with Gasteiger partial charge in [0, 0.05) is 18.2 Å². The first-order valence-electron chi connectivity index (χ1n) is 5.34. The highest BCUT2D eigenvalue weighted by Crippen LogP contribution is 2.32. The summed E-state index contributed by atoms with van der Waals surface area (Å²) in [7, 11) is 0. The molecule has 0 spiro atoms. The molecular weight excluding hydrogens is 254 g/mol. The number of hydrogen-bond donors (Lipinski definition) is 1. The van der Waals surface area contributed by atoms with Crippen LogP contribution >= 0.6 is 23.3 Å². The Hall–Kier alpha value is -0.980. The molecule has 1 N–H and O–H groups in total. The maximum absolute atomic E-state index is 9.65. The zero-order valence-corrected chi connectivity index (χ0v) is 11.3. The number of aliphatic hydroxyl groups excluding tert-OH is 1. The molecule has 2 rings (SSSR count). The molecule has 0 radical (unpaired) electrons. The minimum atomic E-state index is -0.523. The summed E-state index contributed by atoms with van der Waals surface area (Å²) >= 11 is 2.82. The Labute approximate surface area is 108 Å². The molecule has 6 heteroatoms. The minimum Gasteiger partial charge on any atom is -0.389 e. The zero-order chi connectivity index (χ0) is 12.3. The van der Waals surface area contributed by atoms with E-state index in [1.807, 2.05) is 19.1 Å². The van der Waals surface area contributed by atoms with Crippen molar-refractivity contribution in [3.63, 3.8) is 0 Å². The summed E-state index contributed by atoms with van der Waals surface area (Å²) in [4.78, 5) is 8.65. The number of aliphatic hydroxyl groups is 1. The summed E-state index contributed by atoms with van der Waals surface area (Å²) in [6.45, 7) is 3.76. The number of rotatable bonds is 4. The van der Waals surface area contributed by atoms with Gasteiger partial charge in [0.15, 0.2) is 4.34 Å². The van der Waals surface area contributed by atoms with Gasteiger partial charge in [0.2, 0.25) is 0 Å². The van der Waals surface area contributed by atoms with Gasteiger partial charge in [-0.05, 0) is 36.3 Å². The molecule has 0 aliphatic heterocycles. The van der Waals surface area contributed by atoms with Crippen LogP contribution in [0.15, 0.2) is 27.7 Å². The van der Waals surface area contributed by atoms with E-state index in [1.54, 1.807) is 13.1 Å². The molecule has 0 saturated heterocycles. The second-order valence-corrected chi connectivity index (χ2v) is 5.49. The first-order chi connectivity index (χ1) is 8.20. The third kappa shape index (κ3) is 3.02. The van der Waals surface area contributed by atoms with Crippen LogP contribution in [0.4, 0.5) is 0 Å². The second kappa shape index (κ2) is 5.57. The lowest BCUT2D eigenvalue weighted by molar-refractivity contribution is 0.195. The number of aryl methyl sites for hydroxylation is 1. The molecule has 2 aromatic rings. The van der Waals surface area contributed by atoms with Gasteiger partial charge >= 0.3 is 0 Å². The Morgan fingerprint density at radius 3 is 3.00 bits per heavy atom. The van der Waals surface area contributed by atoms with E-state index in [2.05, 4.69) is 14.3 Å². The molecule has 2 aromatic heterocycles. The van der Waals surface area contributed by atoms with Crippen LogP contribution in [0.5, 0.6) is 0 Å². The summed E-state index contributed by atoms with van der Waals surface area (Å²) in [5.74, 6) is 0.854. The van der Waals surface area contributed by atoms with Crippen molar-refractivity contribution in [1.82, 2.24) is 14.3 Å². The molecular formula is C11H13N3OS2. The van der Waals surface area contributed by atoms with E-state index in [-0.39, 0.29) is 0 Å². The van der Waals surface area contributed by atoms with Crippen molar-refractivity contribution >= 4 is 23.3 Å². The van der Waals surface area contributed by atoms with E-state index in [0.717, 1.165) is 27.2 Å². The molecule has 2 heterocycles. The van der Waals surface area contributed by atoms with Crippen molar-refractivity contribution in [1.29, 1.82) is 0 Å². The van der Waals surface area contributed by atoms with Gasteiger partial charge in [-0.2, -0.15) is 4.37 Å². The van der Waals surface area contributed by atoms with Gasteiger partial charge in [-0.25, -0.2) is 9.97 Å². The fourth-order valence-corrected chi connectivity index (χ4v) is 3.10. The Bertz CT molecular complexity index is 499. The smallest absolute Gasteiger partial charge is 0.176 e. The van der Waals surface area contributed by atoms with Crippen LogP contribution in [0.25, 0.3) is 0 Å². The van der Waals surface area contributed by atoms with E-state index in [1.165, 1.54) is 23.3 Å². The molecule has 4 nitrogen and oxygen atoms in total. The van der Waals surface area contributed by atoms with Crippen molar-refractivity contribution in [2.75, 3.05) is 0 Å². The fraction of sp³-hybridized carbons (Fsp3) is 0.364. The molecule has 0 saturated carbocycles. The van der Waals surface area contributed by atoms with E-state index in [9.17, 15) is 5.11 Å². The van der Waals surface area contributed by atoms with Gasteiger partial charge in [0.1, 0.15) is 10.9 Å². The Morgan fingerprint density at radius 2 is 2.35 bits per heavy atom. The van der Waals surface area contributed by atoms with Crippen LogP contribution in [0.1, 0.15) is 31.3 Å². The quantitative estimate of drug-likeness (QED) is 0.923. The van der Waals surface area contributed by atoms with Gasteiger partial charge < -0.3 is 5.11 Å². The van der Waals surface area contributed by atoms with Gasteiger partial charge in [-0.3, -0.25) is 0 Å². The highest BCUT2D eigenvalue weighted by molar-refractivity contribution is 8.00. The normalized spacial score (nSPS) is 12.6. The lowest BCUT2D eigenvalue weighted by Gasteiger charge is -2.08. The number of aromatic nitrogens is 3. The van der Waals surface area contributed by atoms with Crippen LogP contribution < -0.4 is 0 Å². The topological polar surface area (TPSA) is 58.9 Å². The summed E-state index contributed by atoms with van der Waals surface area (Å²) in [6.07, 6.45) is 2.03. The summed E-state index contributed by atoms with van der Waals surface area (Å²) in [5.41, 5.74) is 0.825. The van der Waals surface area contributed by atoms with Crippen molar-refractivity contribution < 1.29 is 5.11 Å². The standard InChI is InChI=1S/C11H13N3OS2/c1-3-9-13-11(17-14-9)16-10-8(7(2)15)5-4-6-12-10/h4-7,15H,3H2,1-2H3. The van der Waals surface area contributed by atoms with Crippen LogP contribution in [0.2, 0.25) is 0 Å². The predicted octanol–water partition coefficient (Wildman–Crippen LogP) is 2.70. The minimum absolute atomic E-state index is 0.523. The molecule has 0 bridgehead atoms. The molecule has 1 unspecified atom stereocenters. The van der Waals surface area contributed by atoms with Crippen LogP contribution in [0, 0.1) is 0 Å². The lowest BCUT2D eigenvalue weighted by Crippen LogP contribution is -1.95. The molecule has 0 aliphatic rings. The third-order valence-electron chi connectivity index (χ3n) is 2.20. The summed E-state index contributed by atoms with van der Waals surface area (Å²) in [6, 6.07) is 3.70. The van der Waals surface area contributed by atoms with Crippen LogP contribution in [-0.4, -0.2) is 19.4 Å². The molecule has 0 fully saturated rings. The number of pyridine rings is 1. The molecule has 0 aromatic carbocycles. The van der Waals surface area contributed by atoms with Crippen molar-refractivity contribution in [3.8, 4) is 0 Å². The fourth-order valence-electron chi connectivity index (χ4n) is 1.31. The maximum Gasteiger partial charge on any atom is 0.176 e. The van der Waals surface area contributed by atoms with Crippen LogP contribution in [-0.2, 0) is 6.42 Å². The van der Waals surface area contributed by atoms with E-state index >= 15 is 0 Å². The summed E-state index contributed by atoms with van der Waals surface area (Å²) in [5, 5.41) is 10.4. The van der Waals surface area contributed by atoms with Gasteiger partial charge in [0.05, 0.1) is 6.10 Å². The SMILES string of the molecule is CCc1nsc(Sc2ncccc2C(C)O)n1. The van der Waals surface area contributed by atoms with Crippen LogP contribution in [0.3, 0.4) is 0 Å². The van der Waals surface area contributed by atoms with Crippen molar-refractivity contribution in [2.45, 2.75) is 35.7 Å². The van der Waals surface area contributed by atoms with E-state index in [0.29, 0.717) is 0 Å². The van der Waals surface area contributed by atoms with Gasteiger partial charge in [-0.1, -0.05) is 13.0 Å². The van der Waals surface area contributed by atoms with Crippen molar-refractivity contribution in [2.24, 2.45) is 0 Å². The van der Waals surface area contributed by atoms with Gasteiger partial charge in [-0.15, -0.1) is 0 Å².